The van der Waals surface area contributed by atoms with Gasteiger partial charge in [-0.05, 0) is 48.6 Å². The summed E-state index contributed by atoms with van der Waals surface area (Å²) in [6, 6.07) is 4.74. The molecule has 1 aliphatic heterocycles. The van der Waals surface area contributed by atoms with Crippen LogP contribution in [0.15, 0.2) is 23.7 Å². The molecule has 1 fully saturated rings. The van der Waals surface area contributed by atoms with Crippen LogP contribution in [0.5, 0.6) is 0 Å². The van der Waals surface area contributed by atoms with E-state index in [9.17, 15) is 0 Å². The SMILES string of the molecule is CC(NCC1CCCS1)c1cnc2ccsc2c1. The maximum atomic E-state index is 4.51. The van der Waals surface area contributed by atoms with Gasteiger partial charge >= 0.3 is 0 Å². The fourth-order valence-electron chi connectivity index (χ4n) is 2.33. The van der Waals surface area contributed by atoms with Crippen LogP contribution in [-0.2, 0) is 0 Å². The molecule has 0 aromatic carbocycles. The Hall–Kier alpha value is -0.580. The Morgan fingerprint density at radius 2 is 2.50 bits per heavy atom. The molecule has 96 valence electrons. The molecule has 0 bridgehead atoms. The molecule has 0 saturated carbocycles. The highest BCUT2D eigenvalue weighted by Crippen LogP contribution is 2.27. The van der Waals surface area contributed by atoms with E-state index in [-0.39, 0.29) is 0 Å². The van der Waals surface area contributed by atoms with Crippen LogP contribution in [0, 0.1) is 0 Å². The molecule has 0 radical (unpaired) electrons. The van der Waals surface area contributed by atoms with E-state index in [2.05, 4.69) is 46.5 Å². The lowest BCUT2D eigenvalue weighted by atomic mass is 10.1. The zero-order valence-corrected chi connectivity index (χ0v) is 12.2. The van der Waals surface area contributed by atoms with Crippen molar-refractivity contribution in [2.75, 3.05) is 12.3 Å². The lowest BCUT2D eigenvalue weighted by Crippen LogP contribution is -2.26. The minimum Gasteiger partial charge on any atom is -0.309 e. The van der Waals surface area contributed by atoms with Gasteiger partial charge in [-0.25, -0.2) is 0 Å². The number of nitrogens with one attached hydrogen (secondary N) is 1. The van der Waals surface area contributed by atoms with Crippen molar-refractivity contribution in [2.45, 2.75) is 31.1 Å². The molecular weight excluding hydrogens is 260 g/mol. The van der Waals surface area contributed by atoms with Gasteiger partial charge in [0.05, 0.1) is 10.2 Å². The highest BCUT2D eigenvalue weighted by atomic mass is 32.2. The maximum absolute atomic E-state index is 4.51. The second-order valence-electron chi connectivity index (χ2n) is 4.84. The smallest absolute Gasteiger partial charge is 0.0809 e. The molecule has 3 rings (SSSR count). The van der Waals surface area contributed by atoms with Gasteiger partial charge in [-0.2, -0.15) is 11.8 Å². The lowest BCUT2D eigenvalue weighted by molar-refractivity contribution is 0.559. The van der Waals surface area contributed by atoms with Gasteiger partial charge in [0.25, 0.3) is 0 Å². The third-order valence-corrected chi connectivity index (χ3v) is 5.75. The maximum Gasteiger partial charge on any atom is 0.0809 e. The molecular formula is C14H18N2S2. The summed E-state index contributed by atoms with van der Waals surface area (Å²) in [5, 5.41) is 6.56. The third kappa shape index (κ3) is 2.71. The summed E-state index contributed by atoms with van der Waals surface area (Å²) in [5.74, 6) is 1.34. The van der Waals surface area contributed by atoms with Crippen LogP contribution in [0.4, 0.5) is 0 Å². The Bertz CT molecular complexity index is 517. The van der Waals surface area contributed by atoms with Gasteiger partial charge in [-0.1, -0.05) is 0 Å². The average molecular weight is 278 g/mol. The molecule has 1 N–H and O–H groups in total. The van der Waals surface area contributed by atoms with Crippen molar-refractivity contribution in [3.8, 4) is 0 Å². The number of thiophene rings is 1. The van der Waals surface area contributed by atoms with Gasteiger partial charge in [0.2, 0.25) is 0 Å². The number of pyridine rings is 1. The van der Waals surface area contributed by atoms with Crippen LogP contribution in [0.3, 0.4) is 0 Å². The van der Waals surface area contributed by atoms with Gasteiger partial charge in [0.15, 0.2) is 0 Å². The summed E-state index contributed by atoms with van der Waals surface area (Å²) >= 11 is 3.88. The summed E-state index contributed by atoms with van der Waals surface area (Å²) < 4.78 is 1.29. The van der Waals surface area contributed by atoms with Crippen LogP contribution < -0.4 is 5.32 Å². The zero-order chi connectivity index (χ0) is 12.4. The summed E-state index contributed by atoms with van der Waals surface area (Å²) in [5.41, 5.74) is 2.41. The predicted octanol–water partition coefficient (Wildman–Crippen LogP) is 3.84. The Kier molecular flexibility index (Phi) is 3.87. The van der Waals surface area contributed by atoms with Crippen molar-refractivity contribution in [1.82, 2.24) is 10.3 Å². The molecule has 1 saturated heterocycles. The Morgan fingerprint density at radius 3 is 3.33 bits per heavy atom. The fourth-order valence-corrected chi connectivity index (χ4v) is 4.33. The first-order valence-corrected chi connectivity index (χ1v) is 8.44. The number of hydrogen-bond donors (Lipinski definition) is 1. The van der Waals surface area contributed by atoms with E-state index in [0.717, 1.165) is 17.3 Å². The van der Waals surface area contributed by atoms with E-state index in [1.165, 1.54) is 28.9 Å². The molecule has 0 aliphatic carbocycles. The molecule has 4 heteroatoms. The molecule has 3 heterocycles. The van der Waals surface area contributed by atoms with E-state index in [1.54, 1.807) is 11.3 Å². The first kappa shape index (κ1) is 12.5. The Balaban J connectivity index is 1.65. The largest absolute Gasteiger partial charge is 0.309 e. The molecule has 0 amide bonds. The van der Waals surface area contributed by atoms with Gasteiger partial charge in [0, 0.05) is 24.0 Å². The number of fused-ring (bicyclic) bond motifs is 1. The first-order valence-electron chi connectivity index (χ1n) is 6.51. The highest BCUT2D eigenvalue weighted by molar-refractivity contribution is 8.00. The Labute approximate surface area is 116 Å². The molecule has 0 spiro atoms. The van der Waals surface area contributed by atoms with Crippen molar-refractivity contribution in [3.05, 3.63) is 29.3 Å². The number of thioether (sulfide) groups is 1. The average Bonchev–Trinajstić information content (AvgIpc) is 3.05. The van der Waals surface area contributed by atoms with Crippen molar-refractivity contribution in [1.29, 1.82) is 0 Å². The number of hydrogen-bond acceptors (Lipinski definition) is 4. The normalized spacial score (nSPS) is 21.5. The third-order valence-electron chi connectivity index (χ3n) is 3.50. The second-order valence-corrected chi connectivity index (χ2v) is 7.19. The van der Waals surface area contributed by atoms with E-state index >= 15 is 0 Å². The molecule has 2 nitrogen and oxygen atoms in total. The summed E-state index contributed by atoms with van der Waals surface area (Å²) in [6.45, 7) is 3.35. The van der Waals surface area contributed by atoms with E-state index in [4.69, 9.17) is 0 Å². The van der Waals surface area contributed by atoms with Crippen LogP contribution in [0.25, 0.3) is 10.2 Å². The quantitative estimate of drug-likeness (QED) is 0.919. The minimum absolute atomic E-state index is 0.394. The highest BCUT2D eigenvalue weighted by Gasteiger charge is 2.16. The zero-order valence-electron chi connectivity index (χ0n) is 10.6. The van der Waals surface area contributed by atoms with Crippen molar-refractivity contribution in [2.24, 2.45) is 0 Å². The van der Waals surface area contributed by atoms with E-state index in [1.807, 2.05) is 6.20 Å². The molecule has 2 atom stereocenters. The monoisotopic (exact) mass is 278 g/mol. The number of nitrogens with zero attached hydrogens (tertiary/aromatic N) is 1. The van der Waals surface area contributed by atoms with Crippen LogP contribution in [0.1, 0.15) is 31.4 Å². The number of rotatable bonds is 4. The lowest BCUT2D eigenvalue weighted by Gasteiger charge is -2.16. The minimum atomic E-state index is 0.394. The van der Waals surface area contributed by atoms with Crippen LogP contribution in [0.2, 0.25) is 0 Å². The van der Waals surface area contributed by atoms with Crippen molar-refractivity contribution < 1.29 is 0 Å². The standard InChI is InChI=1S/C14H18N2S2/c1-10(15-9-12-3-2-5-17-12)11-7-14-13(16-8-11)4-6-18-14/h4,6-8,10,12,15H,2-3,5,9H2,1H3. The van der Waals surface area contributed by atoms with Crippen molar-refractivity contribution >= 4 is 33.3 Å². The molecule has 1 aliphatic rings. The molecule has 2 aromatic rings. The summed E-state index contributed by atoms with van der Waals surface area (Å²) in [4.78, 5) is 4.51. The van der Waals surface area contributed by atoms with Crippen LogP contribution in [-0.4, -0.2) is 22.5 Å². The van der Waals surface area contributed by atoms with E-state index in [0.29, 0.717) is 6.04 Å². The predicted molar refractivity (Wildman–Crippen MR) is 81.5 cm³/mol. The summed E-state index contributed by atoms with van der Waals surface area (Å²) in [6.07, 6.45) is 4.76. The topological polar surface area (TPSA) is 24.9 Å². The summed E-state index contributed by atoms with van der Waals surface area (Å²) in [7, 11) is 0. The van der Waals surface area contributed by atoms with Crippen LogP contribution >= 0.6 is 23.1 Å². The Morgan fingerprint density at radius 1 is 1.56 bits per heavy atom. The fraction of sp³-hybridized carbons (Fsp3) is 0.500. The van der Waals surface area contributed by atoms with Crippen molar-refractivity contribution in [3.63, 3.8) is 0 Å². The number of aromatic nitrogens is 1. The molecule has 2 aromatic heterocycles. The van der Waals surface area contributed by atoms with Gasteiger partial charge < -0.3 is 5.32 Å². The molecule has 18 heavy (non-hydrogen) atoms. The van der Waals surface area contributed by atoms with Gasteiger partial charge in [0.1, 0.15) is 0 Å². The first-order chi connectivity index (χ1) is 8.83. The van der Waals surface area contributed by atoms with E-state index < -0.39 is 0 Å². The second kappa shape index (κ2) is 5.59. The van der Waals surface area contributed by atoms with Gasteiger partial charge in [-0.3, -0.25) is 4.98 Å². The molecule has 2 unspecified atom stereocenters. The van der Waals surface area contributed by atoms with Gasteiger partial charge in [-0.15, -0.1) is 11.3 Å².